The van der Waals surface area contributed by atoms with Gasteiger partial charge >= 0.3 is 9.12 Å². The van der Waals surface area contributed by atoms with Crippen molar-refractivity contribution >= 4 is 19.5 Å². The molecule has 0 aliphatic rings. The van der Waals surface area contributed by atoms with Gasteiger partial charge in [-0.05, 0) is 6.55 Å². The van der Waals surface area contributed by atoms with Crippen LogP contribution in [-0.2, 0) is 0 Å². The van der Waals surface area contributed by atoms with Gasteiger partial charge in [0.2, 0.25) is 0 Å². The van der Waals surface area contributed by atoms with Crippen molar-refractivity contribution in [1.29, 1.82) is 0 Å². The Morgan fingerprint density at radius 2 is 1.75 bits per heavy atom. The number of rotatable bonds is 4. The second-order valence-electron chi connectivity index (χ2n) is 1.86. The van der Waals surface area contributed by atoms with E-state index < -0.39 is 19.2 Å². The minimum absolute atomic E-state index is 0.563. The van der Waals surface area contributed by atoms with Crippen LogP contribution in [0.2, 0.25) is 6.55 Å². The highest BCUT2D eigenvalue weighted by molar-refractivity contribution is 6.55. The molecule has 0 atom stereocenters. The lowest BCUT2D eigenvalue weighted by atomic mass is 11.5. The molecule has 0 amide bonds. The van der Waals surface area contributed by atoms with Crippen molar-refractivity contribution < 1.29 is 10.1 Å². The van der Waals surface area contributed by atoms with Gasteiger partial charge in [0.25, 0.3) is 10.4 Å². The van der Waals surface area contributed by atoms with Crippen LogP contribution in [0, 0.1) is 20.2 Å². The van der Waals surface area contributed by atoms with Crippen LogP contribution in [0.3, 0.4) is 0 Å². The van der Waals surface area contributed by atoms with E-state index in [9.17, 15) is 20.2 Å². The van der Waals surface area contributed by atoms with Gasteiger partial charge in [-0.15, -0.1) is 4.67 Å². The maximum Gasteiger partial charge on any atom is 0.427 e. The Morgan fingerprint density at radius 3 is 2.00 bits per heavy atom. The molecule has 0 bridgehead atoms. The summed E-state index contributed by atoms with van der Waals surface area (Å²) in [5, 5.41) is 18.8. The summed E-state index contributed by atoms with van der Waals surface area (Å²) in [6.45, 7) is 1.42. The third kappa shape index (κ3) is 2.46. The Bertz CT molecular complexity index is 179. The van der Waals surface area contributed by atoms with E-state index in [0.29, 0.717) is 9.01 Å². The van der Waals surface area contributed by atoms with Gasteiger partial charge in [-0.25, -0.2) is 20.2 Å². The molecule has 0 aliphatic carbocycles. The van der Waals surface area contributed by atoms with E-state index in [1.807, 2.05) is 0 Å². The summed E-state index contributed by atoms with van der Waals surface area (Å²) in [5.74, 6) is 0. The van der Waals surface area contributed by atoms with Crippen LogP contribution in [0.5, 0.6) is 0 Å². The Balaban J connectivity index is 4.28. The molecule has 0 rings (SSSR count). The lowest BCUT2D eigenvalue weighted by molar-refractivity contribution is -0.637. The molecule has 0 saturated carbocycles. The van der Waals surface area contributed by atoms with Crippen LogP contribution in [0.25, 0.3) is 0 Å². The van der Waals surface area contributed by atoms with Crippen molar-refractivity contribution in [2.75, 3.05) is 7.05 Å². The van der Waals surface area contributed by atoms with Crippen LogP contribution in [0.1, 0.15) is 0 Å². The average molecular weight is 206 g/mol. The van der Waals surface area contributed by atoms with E-state index >= 15 is 0 Å². The molecule has 0 aromatic rings. The highest BCUT2D eigenvalue weighted by atomic mass is 28.3. The Morgan fingerprint density at radius 1 is 1.33 bits per heavy atom. The van der Waals surface area contributed by atoms with Gasteiger partial charge in [-0.2, -0.15) is 4.34 Å². The third-order valence-electron chi connectivity index (χ3n) is 1.18. The summed E-state index contributed by atoms with van der Waals surface area (Å²) < 4.78 is 1.27. The first kappa shape index (κ1) is 10.8. The largest absolute Gasteiger partial charge is 0.427 e. The summed E-state index contributed by atoms with van der Waals surface area (Å²) in [6.07, 6.45) is 0. The van der Waals surface area contributed by atoms with E-state index in [-0.39, 0.29) is 0 Å². The molecule has 0 aromatic carbocycles. The van der Waals surface area contributed by atoms with Crippen molar-refractivity contribution in [2.45, 2.75) is 6.55 Å². The molecule has 12 heavy (non-hydrogen) atoms. The maximum atomic E-state index is 10.2. The zero-order valence-electron chi connectivity index (χ0n) is 6.42. The van der Waals surface area contributed by atoms with Gasteiger partial charge in [0.15, 0.2) is 5.03 Å². The van der Waals surface area contributed by atoms with Crippen molar-refractivity contribution in [1.82, 2.24) is 9.01 Å². The fourth-order valence-corrected chi connectivity index (χ4v) is 1.55. The molecule has 0 aromatic heterocycles. The summed E-state index contributed by atoms with van der Waals surface area (Å²) in [4.78, 5) is 20.3. The molecule has 8 nitrogen and oxygen atoms in total. The van der Waals surface area contributed by atoms with Gasteiger partial charge in [0.05, 0.1) is 7.05 Å². The number of hydrogen-bond acceptors (Lipinski definition) is 4. The molecule has 0 saturated heterocycles. The molecule has 0 aliphatic heterocycles. The Labute approximate surface area is 73.3 Å². The monoisotopic (exact) mass is 206 g/mol. The number of hydrogen-bond donors (Lipinski definition) is 0. The number of hydrazine groups is 2. The molecule has 0 fully saturated rings. The topological polar surface area (TPSA) is 92.8 Å². The minimum Gasteiger partial charge on any atom is -0.236 e. The van der Waals surface area contributed by atoms with Crippen LogP contribution in [-0.4, -0.2) is 45.7 Å². The molecular formula is C2H6N4O4Si2. The highest BCUT2D eigenvalue weighted by Crippen LogP contribution is 1.95. The van der Waals surface area contributed by atoms with Crippen molar-refractivity contribution in [2.24, 2.45) is 0 Å². The smallest absolute Gasteiger partial charge is 0.236 e. The zero-order valence-corrected chi connectivity index (χ0v) is 8.42. The predicted octanol–water partition coefficient (Wildman–Crippen LogP) is -1.19. The summed E-state index contributed by atoms with van der Waals surface area (Å²) in [6, 6.07) is 0. The predicted molar refractivity (Wildman–Crippen MR) is 41.0 cm³/mol. The maximum absolute atomic E-state index is 10.2. The Kier molecular flexibility index (Phi) is 3.62. The van der Waals surface area contributed by atoms with Gasteiger partial charge in [-0.1, -0.05) is 0 Å². The Hall–Kier alpha value is -1.17. The SMILES string of the molecule is CN([N+](=O)[O-])[Si](C)N([Si])[N+](=O)[O-]. The molecule has 0 unspecified atom stereocenters. The van der Waals surface area contributed by atoms with E-state index in [1.165, 1.54) is 13.6 Å². The van der Waals surface area contributed by atoms with E-state index in [0.717, 1.165) is 0 Å². The molecule has 0 heterocycles. The van der Waals surface area contributed by atoms with Crippen LogP contribution < -0.4 is 0 Å². The van der Waals surface area contributed by atoms with Gasteiger partial charge < -0.3 is 0 Å². The summed E-state index contributed by atoms with van der Waals surface area (Å²) in [7, 11) is 1.89. The van der Waals surface area contributed by atoms with Crippen molar-refractivity contribution in [3.8, 4) is 0 Å². The highest BCUT2D eigenvalue weighted by Gasteiger charge is 2.32. The number of nitro groups is 2. The standard InChI is InChI=1S/C2H6N4O4Si2/c1-3(4(7)8)12(2)6(11)5(9)10/h1-2H3. The lowest BCUT2D eigenvalue weighted by Gasteiger charge is -2.17. The van der Waals surface area contributed by atoms with Crippen molar-refractivity contribution in [3.05, 3.63) is 20.2 Å². The first-order valence-corrected chi connectivity index (χ1v) is 5.09. The molecular weight excluding hydrogens is 200 g/mol. The minimum atomic E-state index is -1.96. The van der Waals surface area contributed by atoms with Crippen LogP contribution >= 0.6 is 0 Å². The average Bonchev–Trinajstić information content (AvgIpc) is 2.00. The second kappa shape index (κ2) is 4.01. The quantitative estimate of drug-likeness (QED) is 0.326. The fourth-order valence-electron chi connectivity index (χ4n) is 0.373. The lowest BCUT2D eigenvalue weighted by Crippen LogP contribution is -2.52. The number of nitrogens with zero attached hydrogens (tertiary/aromatic N) is 4. The normalized spacial score (nSPS) is 9.67. The first-order chi connectivity index (χ1) is 5.37. The fraction of sp³-hybridized carbons (Fsp3) is 1.00. The zero-order chi connectivity index (χ0) is 9.89. The second-order valence-corrected chi connectivity index (χ2v) is 4.89. The van der Waals surface area contributed by atoms with E-state index in [1.54, 1.807) is 0 Å². The van der Waals surface area contributed by atoms with Gasteiger partial charge in [-0.3, -0.25) is 0 Å². The van der Waals surface area contributed by atoms with Crippen LogP contribution in [0.15, 0.2) is 0 Å². The molecule has 66 valence electrons. The third-order valence-corrected chi connectivity index (χ3v) is 4.19. The van der Waals surface area contributed by atoms with E-state index in [4.69, 9.17) is 0 Å². The van der Waals surface area contributed by atoms with Crippen LogP contribution in [0.4, 0.5) is 0 Å². The van der Waals surface area contributed by atoms with E-state index in [2.05, 4.69) is 10.4 Å². The molecule has 0 N–H and O–H groups in total. The molecule has 4 radical (unpaired) electrons. The van der Waals surface area contributed by atoms with Gasteiger partial charge in [0.1, 0.15) is 5.03 Å². The summed E-state index contributed by atoms with van der Waals surface area (Å²) >= 11 is 0. The van der Waals surface area contributed by atoms with Gasteiger partial charge in [0, 0.05) is 0 Å². The first-order valence-electron chi connectivity index (χ1n) is 2.75. The van der Waals surface area contributed by atoms with Crippen molar-refractivity contribution in [3.63, 3.8) is 0 Å². The summed E-state index contributed by atoms with van der Waals surface area (Å²) in [5.41, 5.74) is 0. The molecule has 10 heteroatoms. The molecule has 0 spiro atoms.